The van der Waals surface area contributed by atoms with E-state index in [4.69, 9.17) is 0 Å². The summed E-state index contributed by atoms with van der Waals surface area (Å²) in [5.41, 5.74) is -0.181. The fourth-order valence-corrected chi connectivity index (χ4v) is 2.71. The first kappa shape index (κ1) is 14.6. The lowest BCUT2D eigenvalue weighted by atomic mass is 10.1. The van der Waals surface area contributed by atoms with Crippen LogP contribution in [0, 0.1) is 0 Å². The number of carbonyl (C=O) groups is 1. The van der Waals surface area contributed by atoms with Crippen molar-refractivity contribution in [3.8, 4) is 0 Å². The molecule has 0 bridgehead atoms. The van der Waals surface area contributed by atoms with Crippen LogP contribution in [-0.4, -0.2) is 16.7 Å². The van der Waals surface area contributed by atoms with Crippen molar-refractivity contribution in [1.29, 1.82) is 0 Å². The van der Waals surface area contributed by atoms with Gasteiger partial charge in [-0.3, -0.25) is 4.79 Å². The maximum absolute atomic E-state index is 11.9. The Morgan fingerprint density at radius 3 is 2.47 bits per heavy atom. The summed E-state index contributed by atoms with van der Waals surface area (Å²) in [6.45, 7) is 7.88. The number of carbonyl (C=O) groups excluding carboxylic acids is 1. The van der Waals surface area contributed by atoms with Gasteiger partial charge in [0.1, 0.15) is 0 Å². The lowest BCUT2D eigenvalue weighted by molar-refractivity contribution is -0.121. The smallest absolute Gasteiger partial charge is 0.233 e. The molecule has 0 aliphatic heterocycles. The number of hydrogen-bond donors (Lipinski definition) is 1. The Labute approximate surface area is 116 Å². The third-order valence-corrected chi connectivity index (χ3v) is 4.14. The van der Waals surface area contributed by atoms with Gasteiger partial charge < -0.3 is 5.32 Å². The molecule has 0 aliphatic carbocycles. The summed E-state index contributed by atoms with van der Waals surface area (Å²) < 4.78 is 1.03. The van der Waals surface area contributed by atoms with Gasteiger partial charge in [0.25, 0.3) is 0 Å². The van der Waals surface area contributed by atoms with Crippen molar-refractivity contribution in [1.82, 2.24) is 5.32 Å². The van der Waals surface area contributed by atoms with Gasteiger partial charge in [-0.25, -0.2) is 0 Å². The van der Waals surface area contributed by atoms with Gasteiger partial charge in [-0.05, 0) is 55.8 Å². The predicted octanol–water partition coefficient (Wildman–Crippen LogP) is 3.84. The lowest BCUT2D eigenvalue weighted by Crippen LogP contribution is -2.44. The van der Waals surface area contributed by atoms with Crippen molar-refractivity contribution in [3.63, 3.8) is 0 Å². The zero-order chi connectivity index (χ0) is 13.1. The number of thioether (sulfide) groups is 1. The van der Waals surface area contributed by atoms with Gasteiger partial charge in [-0.1, -0.05) is 12.1 Å². The lowest BCUT2D eigenvalue weighted by Gasteiger charge is -2.23. The monoisotopic (exact) mass is 315 g/mol. The van der Waals surface area contributed by atoms with Crippen LogP contribution in [0.15, 0.2) is 33.6 Å². The third kappa shape index (κ3) is 5.13. The molecule has 1 rings (SSSR count). The Bertz CT molecular complexity index is 401. The molecule has 0 aliphatic rings. The van der Waals surface area contributed by atoms with Crippen LogP contribution < -0.4 is 5.32 Å². The van der Waals surface area contributed by atoms with Crippen LogP contribution in [0.3, 0.4) is 0 Å². The van der Waals surface area contributed by atoms with Crippen LogP contribution in [0.25, 0.3) is 0 Å². The number of rotatable bonds is 3. The second-order valence-corrected chi connectivity index (χ2v) is 7.17. The van der Waals surface area contributed by atoms with E-state index >= 15 is 0 Å². The Kier molecular flexibility index (Phi) is 5.07. The molecule has 0 radical (unpaired) electrons. The van der Waals surface area contributed by atoms with Gasteiger partial charge in [0.05, 0.1) is 5.25 Å². The first-order chi connectivity index (χ1) is 7.79. The molecule has 0 fully saturated rings. The molecule has 0 heterocycles. The number of hydrogen-bond acceptors (Lipinski definition) is 2. The van der Waals surface area contributed by atoms with E-state index in [1.807, 2.05) is 52.0 Å². The van der Waals surface area contributed by atoms with Gasteiger partial charge in [0.15, 0.2) is 0 Å². The quantitative estimate of drug-likeness (QED) is 0.858. The van der Waals surface area contributed by atoms with Crippen molar-refractivity contribution < 1.29 is 4.79 Å². The summed E-state index contributed by atoms with van der Waals surface area (Å²) in [6, 6.07) is 7.93. The first-order valence-corrected chi connectivity index (χ1v) is 7.20. The summed E-state index contributed by atoms with van der Waals surface area (Å²) in [4.78, 5) is 13.0. The van der Waals surface area contributed by atoms with Crippen LogP contribution in [0.4, 0.5) is 0 Å². The molecule has 0 saturated carbocycles. The zero-order valence-electron chi connectivity index (χ0n) is 10.6. The minimum absolute atomic E-state index is 0.0678. The van der Waals surface area contributed by atoms with E-state index in [-0.39, 0.29) is 16.7 Å². The topological polar surface area (TPSA) is 29.1 Å². The van der Waals surface area contributed by atoms with Crippen molar-refractivity contribution in [2.24, 2.45) is 0 Å². The highest BCUT2D eigenvalue weighted by Crippen LogP contribution is 2.30. The highest BCUT2D eigenvalue weighted by molar-refractivity contribution is 9.10. The predicted molar refractivity (Wildman–Crippen MR) is 77.4 cm³/mol. The summed E-state index contributed by atoms with van der Waals surface area (Å²) >= 11 is 5.04. The van der Waals surface area contributed by atoms with Gasteiger partial charge in [0, 0.05) is 14.9 Å². The normalized spacial score (nSPS) is 13.2. The molecule has 0 aromatic heterocycles. The molecule has 1 aromatic carbocycles. The van der Waals surface area contributed by atoms with E-state index < -0.39 is 0 Å². The van der Waals surface area contributed by atoms with E-state index in [9.17, 15) is 4.79 Å². The number of halogens is 1. The van der Waals surface area contributed by atoms with Crippen molar-refractivity contribution in [2.75, 3.05) is 0 Å². The fourth-order valence-electron chi connectivity index (χ4n) is 1.26. The Hall–Kier alpha value is -0.480. The number of amides is 1. The minimum Gasteiger partial charge on any atom is -0.351 e. The maximum atomic E-state index is 11.9. The van der Waals surface area contributed by atoms with E-state index in [0.717, 1.165) is 9.37 Å². The average Bonchev–Trinajstić information content (AvgIpc) is 2.18. The van der Waals surface area contributed by atoms with E-state index in [0.29, 0.717) is 0 Å². The number of nitrogens with one attached hydrogen (secondary N) is 1. The van der Waals surface area contributed by atoms with Gasteiger partial charge in [-0.2, -0.15) is 0 Å². The highest BCUT2D eigenvalue weighted by atomic mass is 79.9. The molecule has 4 heteroatoms. The molecule has 1 atom stereocenters. The molecular weight excluding hydrogens is 298 g/mol. The van der Waals surface area contributed by atoms with E-state index in [1.54, 1.807) is 11.8 Å². The second-order valence-electron chi connectivity index (χ2n) is 4.93. The molecule has 1 N–H and O–H groups in total. The van der Waals surface area contributed by atoms with Crippen LogP contribution in [0.1, 0.15) is 27.7 Å². The standard InChI is InChI=1S/C13H18BrNOS/c1-9(12(16)15-13(2,3)4)17-11-8-6-5-7-10(11)14/h5-9H,1-4H3,(H,15,16). The maximum Gasteiger partial charge on any atom is 0.233 e. The second kappa shape index (κ2) is 5.91. The van der Waals surface area contributed by atoms with Crippen LogP contribution in [0.2, 0.25) is 0 Å². The summed E-state index contributed by atoms with van der Waals surface area (Å²) in [5.74, 6) is 0.0678. The largest absolute Gasteiger partial charge is 0.351 e. The Morgan fingerprint density at radius 1 is 1.35 bits per heavy atom. The Morgan fingerprint density at radius 2 is 1.94 bits per heavy atom. The highest BCUT2D eigenvalue weighted by Gasteiger charge is 2.20. The molecular formula is C13H18BrNOS. The van der Waals surface area contributed by atoms with E-state index in [2.05, 4.69) is 21.2 Å². The Balaban J connectivity index is 2.64. The van der Waals surface area contributed by atoms with Crippen LogP contribution in [-0.2, 0) is 4.79 Å². The van der Waals surface area contributed by atoms with Crippen molar-refractivity contribution in [3.05, 3.63) is 28.7 Å². The third-order valence-electron chi connectivity index (χ3n) is 2.01. The molecule has 1 amide bonds. The first-order valence-electron chi connectivity index (χ1n) is 5.53. The average molecular weight is 316 g/mol. The van der Waals surface area contributed by atoms with E-state index in [1.165, 1.54) is 0 Å². The SMILES string of the molecule is CC(Sc1ccccc1Br)C(=O)NC(C)(C)C. The minimum atomic E-state index is -0.181. The number of benzene rings is 1. The molecule has 1 aromatic rings. The summed E-state index contributed by atoms with van der Waals surface area (Å²) in [7, 11) is 0. The van der Waals surface area contributed by atoms with Crippen molar-refractivity contribution >= 4 is 33.6 Å². The summed E-state index contributed by atoms with van der Waals surface area (Å²) in [6.07, 6.45) is 0. The van der Waals surface area contributed by atoms with Gasteiger partial charge >= 0.3 is 0 Å². The van der Waals surface area contributed by atoms with Gasteiger partial charge in [-0.15, -0.1) is 11.8 Å². The van der Waals surface area contributed by atoms with Crippen LogP contribution in [0.5, 0.6) is 0 Å². The molecule has 94 valence electrons. The molecule has 1 unspecified atom stereocenters. The molecule has 0 spiro atoms. The van der Waals surface area contributed by atoms with Crippen molar-refractivity contribution in [2.45, 2.75) is 43.4 Å². The molecule has 17 heavy (non-hydrogen) atoms. The van der Waals surface area contributed by atoms with Crippen LogP contribution >= 0.6 is 27.7 Å². The zero-order valence-corrected chi connectivity index (χ0v) is 13.0. The summed E-state index contributed by atoms with van der Waals surface area (Å²) in [5, 5.41) is 2.88. The molecule has 0 saturated heterocycles. The van der Waals surface area contributed by atoms with Gasteiger partial charge in [0.2, 0.25) is 5.91 Å². The molecule has 2 nitrogen and oxygen atoms in total. The fraction of sp³-hybridized carbons (Fsp3) is 0.462.